The van der Waals surface area contributed by atoms with Gasteiger partial charge in [0.1, 0.15) is 0 Å². The van der Waals surface area contributed by atoms with Crippen LogP contribution in [0.25, 0.3) is 0 Å². The Balaban J connectivity index is 1.86. The van der Waals surface area contributed by atoms with Crippen LogP contribution < -0.4 is 5.32 Å². The van der Waals surface area contributed by atoms with Gasteiger partial charge < -0.3 is 5.32 Å². The van der Waals surface area contributed by atoms with Gasteiger partial charge >= 0.3 is 0 Å². The molecule has 1 saturated carbocycles. The molecule has 3 nitrogen and oxygen atoms in total. The molecule has 1 atom stereocenters. The van der Waals surface area contributed by atoms with Crippen LogP contribution in [-0.4, -0.2) is 22.4 Å². The number of nitrogens with one attached hydrogen (secondary N) is 1. The molecule has 3 heteroatoms. The summed E-state index contributed by atoms with van der Waals surface area (Å²) in [5, 5.41) is 8.21. The third-order valence-corrected chi connectivity index (χ3v) is 4.64. The van der Waals surface area contributed by atoms with E-state index in [1.165, 1.54) is 50.6 Å². The van der Waals surface area contributed by atoms with Crippen LogP contribution in [-0.2, 0) is 13.5 Å². The van der Waals surface area contributed by atoms with E-state index in [1.807, 2.05) is 4.68 Å². The van der Waals surface area contributed by atoms with E-state index in [0.717, 1.165) is 24.6 Å². The highest BCUT2D eigenvalue weighted by molar-refractivity contribution is 5.10. The van der Waals surface area contributed by atoms with Crippen molar-refractivity contribution in [1.82, 2.24) is 15.1 Å². The van der Waals surface area contributed by atoms with Crippen molar-refractivity contribution in [3.63, 3.8) is 0 Å². The smallest absolute Gasteiger partial charge is 0.0596 e. The summed E-state index contributed by atoms with van der Waals surface area (Å²) in [6.45, 7) is 5.46. The van der Waals surface area contributed by atoms with E-state index >= 15 is 0 Å². The monoisotopic (exact) mass is 277 g/mol. The number of hydrogen-bond acceptors (Lipinski definition) is 2. The predicted octanol–water partition coefficient (Wildman–Crippen LogP) is 3.61. The first-order chi connectivity index (χ1) is 9.69. The Hall–Kier alpha value is -0.830. The van der Waals surface area contributed by atoms with Crippen LogP contribution in [0.5, 0.6) is 0 Å². The van der Waals surface area contributed by atoms with Gasteiger partial charge in [0.15, 0.2) is 0 Å². The Bertz CT molecular complexity index is 391. The molecule has 0 aromatic carbocycles. The van der Waals surface area contributed by atoms with E-state index in [1.54, 1.807) is 0 Å². The summed E-state index contributed by atoms with van der Waals surface area (Å²) in [4.78, 5) is 0. The van der Waals surface area contributed by atoms with Crippen molar-refractivity contribution < 1.29 is 0 Å². The molecule has 1 aromatic rings. The minimum atomic E-state index is 0.616. The zero-order valence-electron chi connectivity index (χ0n) is 13.5. The Labute approximate surface area is 124 Å². The molecule has 20 heavy (non-hydrogen) atoms. The first-order valence-corrected chi connectivity index (χ1v) is 8.42. The maximum absolute atomic E-state index is 4.47. The lowest BCUT2D eigenvalue weighted by molar-refractivity contribution is 0.397. The Morgan fingerprint density at radius 3 is 2.75 bits per heavy atom. The molecule has 1 heterocycles. The lowest BCUT2D eigenvalue weighted by Crippen LogP contribution is -2.32. The second kappa shape index (κ2) is 7.82. The van der Waals surface area contributed by atoms with E-state index in [4.69, 9.17) is 0 Å². The summed E-state index contributed by atoms with van der Waals surface area (Å²) < 4.78 is 2.05. The van der Waals surface area contributed by atoms with Crippen molar-refractivity contribution in [2.75, 3.05) is 6.54 Å². The fourth-order valence-corrected chi connectivity index (χ4v) is 3.47. The van der Waals surface area contributed by atoms with E-state index in [0.29, 0.717) is 6.04 Å². The number of rotatable bonds is 8. The number of hydrogen-bond donors (Lipinski definition) is 1. The molecule has 0 aliphatic heterocycles. The predicted molar refractivity (Wildman–Crippen MR) is 84.9 cm³/mol. The second-order valence-corrected chi connectivity index (χ2v) is 6.48. The normalized spacial score (nSPS) is 17.8. The van der Waals surface area contributed by atoms with E-state index in [2.05, 4.69) is 37.4 Å². The largest absolute Gasteiger partial charge is 0.314 e. The van der Waals surface area contributed by atoms with Gasteiger partial charge in [0, 0.05) is 25.2 Å². The lowest BCUT2D eigenvalue weighted by Gasteiger charge is -2.20. The number of aryl methyl sites for hydroxylation is 2. The Kier molecular flexibility index (Phi) is 6.08. The Morgan fingerprint density at radius 2 is 2.15 bits per heavy atom. The van der Waals surface area contributed by atoms with Crippen molar-refractivity contribution in [2.45, 2.75) is 71.3 Å². The third-order valence-electron chi connectivity index (χ3n) is 4.64. The van der Waals surface area contributed by atoms with Gasteiger partial charge in [0.25, 0.3) is 0 Å². The van der Waals surface area contributed by atoms with Crippen LogP contribution in [0, 0.1) is 12.8 Å². The maximum Gasteiger partial charge on any atom is 0.0596 e. The van der Waals surface area contributed by atoms with Gasteiger partial charge in [-0.3, -0.25) is 4.68 Å². The van der Waals surface area contributed by atoms with Crippen LogP contribution in [0.1, 0.15) is 63.3 Å². The van der Waals surface area contributed by atoms with Crippen LogP contribution in [0.4, 0.5) is 0 Å². The highest BCUT2D eigenvalue weighted by Gasteiger charge is 2.18. The van der Waals surface area contributed by atoms with Gasteiger partial charge in [-0.2, -0.15) is 5.10 Å². The molecular formula is C17H31N3. The average molecular weight is 277 g/mol. The van der Waals surface area contributed by atoms with Gasteiger partial charge in [-0.1, -0.05) is 32.6 Å². The summed E-state index contributed by atoms with van der Waals surface area (Å²) in [5.74, 6) is 0.995. The molecule has 114 valence electrons. The molecule has 2 rings (SSSR count). The molecule has 0 bridgehead atoms. The molecule has 1 unspecified atom stereocenters. The topological polar surface area (TPSA) is 29.9 Å². The van der Waals surface area contributed by atoms with Crippen molar-refractivity contribution in [2.24, 2.45) is 13.0 Å². The lowest BCUT2D eigenvalue weighted by atomic mass is 9.96. The van der Waals surface area contributed by atoms with Crippen LogP contribution in [0.3, 0.4) is 0 Å². The molecule has 1 N–H and O–H groups in total. The summed E-state index contributed by atoms with van der Waals surface area (Å²) in [5.41, 5.74) is 2.50. The number of aromatic nitrogens is 2. The van der Waals surface area contributed by atoms with E-state index < -0.39 is 0 Å². The first kappa shape index (κ1) is 15.6. The second-order valence-electron chi connectivity index (χ2n) is 6.48. The SMILES string of the molecule is CCCNC(CCC1CCCC1)Cc1cc(C)nn1C. The molecule has 0 amide bonds. The molecule has 1 aromatic heterocycles. The molecule has 0 radical (unpaired) electrons. The van der Waals surface area contributed by atoms with Crippen LogP contribution in [0.2, 0.25) is 0 Å². The maximum atomic E-state index is 4.47. The fraction of sp³-hybridized carbons (Fsp3) is 0.824. The van der Waals surface area contributed by atoms with Gasteiger partial charge in [-0.05, 0) is 44.7 Å². The minimum absolute atomic E-state index is 0.616. The summed E-state index contributed by atoms with van der Waals surface area (Å²) >= 11 is 0. The summed E-state index contributed by atoms with van der Waals surface area (Å²) in [6.07, 6.45) is 10.9. The molecular weight excluding hydrogens is 246 g/mol. The molecule has 1 fully saturated rings. The van der Waals surface area contributed by atoms with Crippen molar-refractivity contribution >= 4 is 0 Å². The highest BCUT2D eigenvalue weighted by atomic mass is 15.3. The minimum Gasteiger partial charge on any atom is -0.314 e. The van der Waals surface area contributed by atoms with Gasteiger partial charge in [-0.15, -0.1) is 0 Å². The number of nitrogens with zero attached hydrogens (tertiary/aromatic N) is 2. The summed E-state index contributed by atoms with van der Waals surface area (Å²) in [7, 11) is 2.07. The van der Waals surface area contributed by atoms with E-state index in [9.17, 15) is 0 Å². The molecule has 1 aliphatic rings. The van der Waals surface area contributed by atoms with Crippen molar-refractivity contribution in [1.29, 1.82) is 0 Å². The zero-order valence-corrected chi connectivity index (χ0v) is 13.5. The quantitative estimate of drug-likeness (QED) is 0.786. The van der Waals surface area contributed by atoms with Gasteiger partial charge in [0.2, 0.25) is 0 Å². The molecule has 1 aliphatic carbocycles. The fourth-order valence-electron chi connectivity index (χ4n) is 3.47. The van der Waals surface area contributed by atoms with Crippen molar-refractivity contribution in [3.05, 3.63) is 17.5 Å². The first-order valence-electron chi connectivity index (χ1n) is 8.42. The average Bonchev–Trinajstić information content (AvgIpc) is 3.03. The summed E-state index contributed by atoms with van der Waals surface area (Å²) in [6, 6.07) is 2.85. The Morgan fingerprint density at radius 1 is 1.40 bits per heavy atom. The molecule has 0 spiro atoms. The van der Waals surface area contributed by atoms with Crippen molar-refractivity contribution in [3.8, 4) is 0 Å². The molecule has 0 saturated heterocycles. The standard InChI is InChI=1S/C17H31N3/c1-4-11-18-16(10-9-15-7-5-6-8-15)13-17-12-14(2)19-20(17)3/h12,15-16,18H,4-11,13H2,1-3H3. The van der Waals surface area contributed by atoms with Crippen LogP contribution in [0.15, 0.2) is 6.07 Å². The van der Waals surface area contributed by atoms with E-state index in [-0.39, 0.29) is 0 Å². The van der Waals surface area contributed by atoms with Gasteiger partial charge in [-0.25, -0.2) is 0 Å². The zero-order chi connectivity index (χ0) is 14.4. The highest BCUT2D eigenvalue weighted by Crippen LogP contribution is 2.29. The third kappa shape index (κ3) is 4.62. The van der Waals surface area contributed by atoms with Gasteiger partial charge in [0.05, 0.1) is 5.69 Å². The van der Waals surface area contributed by atoms with Crippen LogP contribution >= 0.6 is 0 Å².